The summed E-state index contributed by atoms with van der Waals surface area (Å²) in [5.74, 6) is 1.02. The maximum Gasteiger partial charge on any atom is 0.343 e. The molecule has 150 valence electrons. The smallest absolute Gasteiger partial charge is 0.343 e. The third-order valence-corrected chi connectivity index (χ3v) is 4.95. The van der Waals surface area contributed by atoms with Crippen molar-refractivity contribution >= 4 is 5.97 Å². The van der Waals surface area contributed by atoms with Crippen molar-refractivity contribution in [1.82, 2.24) is 0 Å². The predicted molar refractivity (Wildman–Crippen MR) is 110 cm³/mol. The second-order valence-electron chi connectivity index (χ2n) is 9.36. The Kier molecular flexibility index (Phi) is 5.28. The van der Waals surface area contributed by atoms with Gasteiger partial charge in [0.2, 0.25) is 0 Å². The summed E-state index contributed by atoms with van der Waals surface area (Å²) >= 11 is 0. The summed E-state index contributed by atoms with van der Waals surface area (Å²) < 4.78 is 17.1. The lowest BCUT2D eigenvalue weighted by Crippen LogP contribution is -2.21. The number of rotatable bonds is 4. The molecule has 4 heteroatoms. The van der Waals surface area contributed by atoms with Gasteiger partial charge in [-0.1, -0.05) is 71.9 Å². The third kappa shape index (κ3) is 4.22. The molecular weight excluding hydrogens is 352 g/mol. The van der Waals surface area contributed by atoms with Crippen molar-refractivity contribution in [3.05, 3.63) is 59.2 Å². The van der Waals surface area contributed by atoms with Gasteiger partial charge >= 0.3 is 5.97 Å². The minimum absolute atomic E-state index is 0.156. The molecule has 2 atom stereocenters. The zero-order valence-electron chi connectivity index (χ0n) is 17.8. The molecule has 0 aliphatic carbocycles. The van der Waals surface area contributed by atoms with Crippen LogP contribution in [0, 0.1) is 0 Å². The number of hydrogen-bond donors (Lipinski definition) is 0. The van der Waals surface area contributed by atoms with Crippen LogP contribution < -0.4 is 9.47 Å². The van der Waals surface area contributed by atoms with E-state index in [1.165, 1.54) is 0 Å². The Labute approximate surface area is 167 Å². The van der Waals surface area contributed by atoms with Crippen molar-refractivity contribution in [2.75, 3.05) is 7.11 Å². The van der Waals surface area contributed by atoms with E-state index in [-0.39, 0.29) is 22.9 Å². The van der Waals surface area contributed by atoms with Gasteiger partial charge in [0, 0.05) is 11.1 Å². The first kappa shape index (κ1) is 20.4. The van der Waals surface area contributed by atoms with E-state index in [0.29, 0.717) is 5.75 Å². The molecule has 0 saturated carbocycles. The molecule has 2 aromatic rings. The van der Waals surface area contributed by atoms with E-state index in [4.69, 9.17) is 14.2 Å². The predicted octanol–water partition coefficient (Wildman–Crippen LogP) is 5.34. The van der Waals surface area contributed by atoms with E-state index in [1.54, 1.807) is 7.11 Å². The van der Waals surface area contributed by atoms with Gasteiger partial charge in [-0.05, 0) is 28.5 Å². The summed E-state index contributed by atoms with van der Waals surface area (Å²) in [6, 6.07) is 13.6. The molecule has 3 rings (SSSR count). The zero-order chi connectivity index (χ0) is 20.7. The van der Waals surface area contributed by atoms with Crippen LogP contribution in [0.15, 0.2) is 42.5 Å². The second-order valence-corrected chi connectivity index (χ2v) is 9.36. The van der Waals surface area contributed by atoms with Gasteiger partial charge in [0.05, 0.1) is 7.11 Å². The van der Waals surface area contributed by atoms with Crippen LogP contribution in [0.2, 0.25) is 0 Å². The number of ether oxygens (including phenoxy) is 3. The van der Waals surface area contributed by atoms with Crippen molar-refractivity contribution in [2.45, 2.75) is 64.6 Å². The largest absolute Gasteiger partial charge is 0.496 e. The van der Waals surface area contributed by atoms with E-state index in [2.05, 4.69) is 41.5 Å². The van der Waals surface area contributed by atoms with Crippen molar-refractivity contribution in [3.8, 4) is 11.5 Å². The highest BCUT2D eigenvalue weighted by molar-refractivity contribution is 5.81. The van der Waals surface area contributed by atoms with Crippen LogP contribution in [0.4, 0.5) is 0 Å². The van der Waals surface area contributed by atoms with E-state index in [0.717, 1.165) is 22.4 Å². The molecule has 1 heterocycles. The van der Waals surface area contributed by atoms with Crippen LogP contribution >= 0.6 is 0 Å². The summed E-state index contributed by atoms with van der Waals surface area (Å²) in [6.07, 6.45) is -0.781. The Balaban J connectivity index is 1.89. The van der Waals surface area contributed by atoms with Crippen molar-refractivity contribution in [2.24, 2.45) is 0 Å². The van der Waals surface area contributed by atoms with E-state index in [1.807, 2.05) is 42.5 Å². The summed E-state index contributed by atoms with van der Waals surface area (Å²) in [5.41, 5.74) is 2.71. The molecular formula is C24H30O4. The highest BCUT2D eigenvalue weighted by Crippen LogP contribution is 2.43. The van der Waals surface area contributed by atoms with Gasteiger partial charge < -0.3 is 14.2 Å². The Bertz CT molecular complexity index is 821. The van der Waals surface area contributed by atoms with Gasteiger partial charge in [-0.3, -0.25) is 0 Å². The summed E-state index contributed by atoms with van der Waals surface area (Å²) in [5, 5.41) is 0. The van der Waals surface area contributed by atoms with Crippen molar-refractivity contribution < 1.29 is 19.0 Å². The Hall–Kier alpha value is -2.33. The molecule has 28 heavy (non-hydrogen) atoms. The number of carbonyl (C=O) groups excluding carboxylic acids is 1. The molecule has 2 aromatic carbocycles. The van der Waals surface area contributed by atoms with Crippen molar-refractivity contribution in [1.29, 1.82) is 0 Å². The molecule has 0 spiro atoms. The molecule has 0 unspecified atom stereocenters. The van der Waals surface area contributed by atoms with Gasteiger partial charge in [-0.2, -0.15) is 0 Å². The summed E-state index contributed by atoms with van der Waals surface area (Å²) in [6.45, 7) is 12.7. The number of methoxy groups -OCH3 is 1. The van der Waals surface area contributed by atoms with Crippen molar-refractivity contribution in [3.63, 3.8) is 0 Å². The normalized spacial score (nSPS) is 19.2. The maximum absolute atomic E-state index is 12.7. The lowest BCUT2D eigenvalue weighted by molar-refractivity contribution is -0.135. The van der Waals surface area contributed by atoms with E-state index < -0.39 is 6.10 Å². The van der Waals surface area contributed by atoms with Gasteiger partial charge in [-0.25, -0.2) is 4.79 Å². The summed E-state index contributed by atoms with van der Waals surface area (Å²) in [4.78, 5) is 12.7. The molecule has 0 radical (unpaired) electrons. The number of esters is 1. The van der Waals surface area contributed by atoms with Gasteiger partial charge in [-0.15, -0.1) is 0 Å². The fourth-order valence-corrected chi connectivity index (χ4v) is 3.36. The SMILES string of the molecule is COc1c(C(C)(C)C)cc(OC(=O)[C@@H]2O[C@H]2c2ccccc2)cc1C(C)(C)C. The second kappa shape index (κ2) is 7.25. The van der Waals surface area contributed by atoms with Gasteiger partial charge in [0.15, 0.2) is 6.10 Å². The van der Waals surface area contributed by atoms with Crippen LogP contribution in [-0.4, -0.2) is 19.2 Å². The first-order valence-electron chi connectivity index (χ1n) is 9.67. The standard InChI is InChI=1S/C24H30O4/c1-23(2,3)17-13-16(14-18(20(17)26-7)24(4,5)6)27-22(25)21-19(28-21)15-11-9-8-10-12-15/h8-14,19,21H,1-7H3/t19-,21+/m0/s1. The lowest BCUT2D eigenvalue weighted by atomic mass is 9.79. The molecule has 1 aliphatic heterocycles. The van der Waals surface area contributed by atoms with Crippen LogP contribution in [0.5, 0.6) is 11.5 Å². The Morgan fingerprint density at radius 1 is 0.929 bits per heavy atom. The quantitative estimate of drug-likeness (QED) is 0.407. The first-order valence-corrected chi connectivity index (χ1v) is 9.67. The molecule has 4 nitrogen and oxygen atoms in total. The number of epoxide rings is 1. The first-order chi connectivity index (χ1) is 13.0. The molecule has 1 saturated heterocycles. The zero-order valence-corrected chi connectivity index (χ0v) is 17.8. The number of benzene rings is 2. The number of hydrogen-bond acceptors (Lipinski definition) is 4. The molecule has 0 amide bonds. The molecule has 1 aliphatic rings. The van der Waals surface area contributed by atoms with Crippen LogP contribution in [0.25, 0.3) is 0 Å². The average Bonchev–Trinajstić information content (AvgIpc) is 3.41. The minimum atomic E-state index is -0.555. The fraction of sp³-hybridized carbons (Fsp3) is 0.458. The molecule has 0 aromatic heterocycles. The monoisotopic (exact) mass is 382 g/mol. The third-order valence-electron chi connectivity index (χ3n) is 4.95. The number of carbonyl (C=O) groups is 1. The van der Waals surface area contributed by atoms with E-state index in [9.17, 15) is 4.79 Å². The highest BCUT2D eigenvalue weighted by Gasteiger charge is 2.47. The lowest BCUT2D eigenvalue weighted by Gasteiger charge is -2.29. The molecule has 0 bridgehead atoms. The van der Waals surface area contributed by atoms with Crippen LogP contribution in [0.3, 0.4) is 0 Å². The maximum atomic E-state index is 12.7. The molecule has 1 fully saturated rings. The minimum Gasteiger partial charge on any atom is -0.496 e. The van der Waals surface area contributed by atoms with E-state index >= 15 is 0 Å². The fourth-order valence-electron chi connectivity index (χ4n) is 3.36. The molecule has 0 N–H and O–H groups in total. The average molecular weight is 383 g/mol. The Morgan fingerprint density at radius 3 is 1.93 bits per heavy atom. The van der Waals surface area contributed by atoms with Gasteiger partial charge in [0.25, 0.3) is 0 Å². The summed E-state index contributed by atoms with van der Waals surface area (Å²) in [7, 11) is 1.69. The Morgan fingerprint density at radius 2 is 1.46 bits per heavy atom. The highest BCUT2D eigenvalue weighted by atomic mass is 16.6. The van der Waals surface area contributed by atoms with Crippen LogP contribution in [-0.2, 0) is 20.4 Å². The topological polar surface area (TPSA) is 48.1 Å². The van der Waals surface area contributed by atoms with Gasteiger partial charge in [0.1, 0.15) is 17.6 Å². The van der Waals surface area contributed by atoms with Crippen LogP contribution in [0.1, 0.15) is 64.3 Å².